The Bertz CT molecular complexity index is 2410. The largest absolute Gasteiger partial charge is 0.505 e. The van der Waals surface area contributed by atoms with E-state index in [-0.39, 0.29) is 29.2 Å². The van der Waals surface area contributed by atoms with Crippen molar-refractivity contribution in [3.63, 3.8) is 0 Å². The van der Waals surface area contributed by atoms with Gasteiger partial charge in [-0.05, 0) is 66.1 Å². The first-order chi connectivity index (χ1) is 24.6. The molecule has 258 valence electrons. The van der Waals surface area contributed by atoms with Crippen LogP contribution in [0.15, 0.2) is 112 Å². The number of para-hydroxylation sites is 2. The van der Waals surface area contributed by atoms with Crippen molar-refractivity contribution < 1.29 is 23.8 Å². The summed E-state index contributed by atoms with van der Waals surface area (Å²) in [6.07, 6.45) is 1.63. The van der Waals surface area contributed by atoms with Gasteiger partial charge in [-0.2, -0.15) is 5.01 Å². The van der Waals surface area contributed by atoms with E-state index in [1.165, 1.54) is 40.7 Å². The highest BCUT2D eigenvalue weighted by Gasteiger charge is 2.69. The number of phenols is 1. The molecular formula is C37H28Cl2FN5O6. The Balaban J connectivity index is 1.40. The second-order valence-electron chi connectivity index (χ2n) is 12.6. The van der Waals surface area contributed by atoms with Crippen molar-refractivity contribution >= 4 is 40.7 Å². The molecule has 51 heavy (non-hydrogen) atoms. The number of anilines is 1. The molecule has 1 aromatic heterocycles. The zero-order chi connectivity index (χ0) is 35.8. The number of carbonyl (C=O) groups is 2. The van der Waals surface area contributed by atoms with Crippen LogP contribution < -0.4 is 21.5 Å². The molecule has 4 atom stereocenters. The number of ether oxygens (including phenoxy) is 1. The molecule has 2 aliphatic heterocycles. The number of halogens is 3. The number of hydrazine groups is 1. The maximum absolute atomic E-state index is 15.3. The molecule has 0 radical (unpaired) electrons. The van der Waals surface area contributed by atoms with Crippen LogP contribution in [-0.2, 0) is 21.5 Å². The summed E-state index contributed by atoms with van der Waals surface area (Å²) >= 11 is 12.6. The van der Waals surface area contributed by atoms with Crippen LogP contribution in [0.5, 0.6) is 11.5 Å². The van der Waals surface area contributed by atoms with Crippen LogP contribution in [0.2, 0.25) is 10.0 Å². The van der Waals surface area contributed by atoms with Crippen molar-refractivity contribution in [2.24, 2.45) is 5.92 Å². The Kier molecular flexibility index (Phi) is 7.69. The van der Waals surface area contributed by atoms with E-state index in [2.05, 4.69) is 5.43 Å². The molecule has 0 spiro atoms. The fourth-order valence-corrected chi connectivity index (χ4v) is 8.46. The summed E-state index contributed by atoms with van der Waals surface area (Å²) in [7, 11) is 1.49. The lowest BCUT2D eigenvalue weighted by Crippen LogP contribution is -2.53. The molecule has 5 aromatic rings. The Morgan fingerprint density at radius 2 is 1.67 bits per heavy atom. The fraction of sp³-hybridized carbons (Fsp3) is 0.189. The molecule has 2 fully saturated rings. The van der Waals surface area contributed by atoms with Crippen LogP contribution in [0.1, 0.15) is 29.5 Å². The Morgan fingerprint density at radius 3 is 2.37 bits per heavy atom. The third kappa shape index (κ3) is 4.70. The number of fused-ring (bicyclic) bond motifs is 4. The Labute approximate surface area is 299 Å². The number of imide groups is 1. The lowest BCUT2D eigenvalue weighted by molar-refractivity contribution is -0.138. The van der Waals surface area contributed by atoms with E-state index < -0.39 is 58.1 Å². The van der Waals surface area contributed by atoms with Crippen LogP contribution in [0.4, 0.5) is 10.1 Å². The van der Waals surface area contributed by atoms with Gasteiger partial charge in [-0.25, -0.2) is 27.9 Å². The summed E-state index contributed by atoms with van der Waals surface area (Å²) in [6.45, 7) is -0.0693. The number of allylic oxidation sites excluding steroid dienone is 2. The number of amides is 2. The molecule has 4 unspecified atom stereocenters. The number of benzene rings is 4. The van der Waals surface area contributed by atoms with Gasteiger partial charge in [-0.15, -0.1) is 0 Å². The van der Waals surface area contributed by atoms with Gasteiger partial charge in [0.15, 0.2) is 11.6 Å². The molecule has 11 nitrogen and oxygen atoms in total. The van der Waals surface area contributed by atoms with E-state index in [9.17, 15) is 19.5 Å². The molecule has 14 heteroatoms. The molecule has 0 bridgehead atoms. The minimum Gasteiger partial charge on any atom is -0.505 e. The summed E-state index contributed by atoms with van der Waals surface area (Å²) in [6, 6.07) is 22.7. The summed E-state index contributed by atoms with van der Waals surface area (Å²) < 4.78 is 24.3. The van der Waals surface area contributed by atoms with Crippen LogP contribution in [0.25, 0.3) is 5.69 Å². The predicted molar refractivity (Wildman–Crippen MR) is 187 cm³/mol. The van der Waals surface area contributed by atoms with Gasteiger partial charge < -0.3 is 9.84 Å². The van der Waals surface area contributed by atoms with E-state index in [4.69, 9.17) is 27.9 Å². The van der Waals surface area contributed by atoms with E-state index in [1.54, 1.807) is 66.7 Å². The van der Waals surface area contributed by atoms with Crippen molar-refractivity contribution in [1.29, 1.82) is 0 Å². The van der Waals surface area contributed by atoms with Gasteiger partial charge in [-0.3, -0.25) is 15.0 Å². The van der Waals surface area contributed by atoms with Gasteiger partial charge in [-0.1, -0.05) is 71.7 Å². The molecule has 1 saturated heterocycles. The van der Waals surface area contributed by atoms with E-state index in [0.717, 1.165) is 15.6 Å². The predicted octanol–water partition coefficient (Wildman–Crippen LogP) is 5.58. The standard InChI is InChI=1S/C37H28Cl2FN5O6/c1-51-23-13-10-20(11-14-23)37-26(33(47)44(34(37)48)41-29-15-12-21(38)18-27(29)39)19-30-24(31(37)25-8-5-9-28(40)32(25)46)16-17-42-35(49)43(36(50)45(30)42)22-6-3-2-4-7-22/h2-16,18,26,30-31,41,46H,17,19H2,1H3. The maximum Gasteiger partial charge on any atom is 0.352 e. The highest BCUT2D eigenvalue weighted by molar-refractivity contribution is 6.36. The lowest BCUT2D eigenvalue weighted by Gasteiger charge is -2.49. The first-order valence-corrected chi connectivity index (χ1v) is 16.7. The van der Waals surface area contributed by atoms with E-state index in [0.29, 0.717) is 27.6 Å². The molecule has 3 heterocycles. The second kappa shape index (κ2) is 12.0. The highest BCUT2D eigenvalue weighted by Crippen LogP contribution is 2.63. The van der Waals surface area contributed by atoms with Crippen LogP contribution in [-0.4, -0.2) is 43.0 Å². The smallest absolute Gasteiger partial charge is 0.352 e. The third-order valence-corrected chi connectivity index (χ3v) is 10.7. The van der Waals surface area contributed by atoms with Gasteiger partial charge in [0.25, 0.3) is 11.8 Å². The van der Waals surface area contributed by atoms with Gasteiger partial charge in [0, 0.05) is 16.5 Å². The maximum atomic E-state index is 15.3. The molecule has 8 rings (SSSR count). The molecule has 2 N–H and O–H groups in total. The number of hydrogen-bond donors (Lipinski definition) is 2. The molecular weight excluding hydrogens is 700 g/mol. The number of methoxy groups -OCH3 is 1. The molecule has 2 amide bonds. The number of hydrogen-bond acceptors (Lipinski definition) is 7. The van der Waals surface area contributed by atoms with E-state index in [1.807, 2.05) is 0 Å². The van der Waals surface area contributed by atoms with Crippen molar-refractivity contribution in [2.45, 2.75) is 30.3 Å². The topological polar surface area (TPSA) is 128 Å². The zero-order valence-corrected chi connectivity index (χ0v) is 28.3. The normalized spacial score (nSPS) is 22.2. The molecule has 1 saturated carbocycles. The zero-order valence-electron chi connectivity index (χ0n) is 26.8. The van der Waals surface area contributed by atoms with Crippen molar-refractivity contribution in [2.75, 3.05) is 12.5 Å². The van der Waals surface area contributed by atoms with Gasteiger partial charge in [0.1, 0.15) is 5.75 Å². The first-order valence-electron chi connectivity index (χ1n) is 16.0. The Morgan fingerprint density at radius 1 is 0.922 bits per heavy atom. The van der Waals surface area contributed by atoms with E-state index >= 15 is 9.18 Å². The number of aromatic hydroxyl groups is 1. The average Bonchev–Trinajstić information content (AvgIpc) is 3.51. The Hall–Kier alpha value is -5.59. The monoisotopic (exact) mass is 727 g/mol. The highest BCUT2D eigenvalue weighted by atomic mass is 35.5. The number of carbonyl (C=O) groups excluding carboxylic acids is 2. The molecule has 4 aromatic carbocycles. The van der Waals surface area contributed by atoms with Gasteiger partial charge in [0.2, 0.25) is 0 Å². The summed E-state index contributed by atoms with van der Waals surface area (Å²) in [5, 5.41) is 12.7. The first kappa shape index (κ1) is 32.6. The number of rotatable bonds is 6. The van der Waals surface area contributed by atoms with Crippen LogP contribution >= 0.6 is 23.2 Å². The van der Waals surface area contributed by atoms with Crippen LogP contribution in [0, 0.1) is 11.7 Å². The summed E-state index contributed by atoms with van der Waals surface area (Å²) in [5.74, 6) is -4.89. The number of nitrogens with zero attached hydrogens (tertiary/aromatic N) is 4. The lowest BCUT2D eigenvalue weighted by atomic mass is 9.53. The van der Waals surface area contributed by atoms with Gasteiger partial charge >= 0.3 is 11.4 Å². The van der Waals surface area contributed by atoms with Crippen molar-refractivity contribution in [3.8, 4) is 17.2 Å². The van der Waals surface area contributed by atoms with Crippen LogP contribution in [0.3, 0.4) is 0 Å². The molecule has 3 aliphatic rings. The average molecular weight is 729 g/mol. The summed E-state index contributed by atoms with van der Waals surface area (Å²) in [4.78, 5) is 58.0. The fourth-order valence-electron chi connectivity index (χ4n) is 8.01. The molecule has 1 aliphatic carbocycles. The van der Waals surface area contributed by atoms with Crippen molar-refractivity contribution in [1.82, 2.24) is 18.9 Å². The second-order valence-corrected chi connectivity index (χ2v) is 13.4. The third-order valence-electron chi connectivity index (χ3n) is 10.2. The number of nitrogens with one attached hydrogen (secondary N) is 1. The number of aromatic nitrogens is 3. The van der Waals surface area contributed by atoms with Crippen molar-refractivity contribution in [3.05, 3.63) is 151 Å². The minimum absolute atomic E-state index is 0.0330. The minimum atomic E-state index is -1.78. The SMILES string of the molecule is COc1ccc(C23C(=O)N(Nc4ccc(Cl)cc4Cl)C(=O)C2CC2C(=CCn4c(=O)n(-c5ccccc5)c(=O)n42)C3c2cccc(F)c2O)cc1. The summed E-state index contributed by atoms with van der Waals surface area (Å²) in [5.41, 5.74) is 1.33. The van der Waals surface area contributed by atoms with Gasteiger partial charge in [0.05, 0.1) is 47.4 Å². The number of phenolic OH excluding ortho intramolecular Hbond substituents is 1. The quantitative estimate of drug-likeness (QED) is 0.173.